The van der Waals surface area contributed by atoms with Crippen LogP contribution in [0.15, 0.2) is 48.8 Å². The summed E-state index contributed by atoms with van der Waals surface area (Å²) in [6.07, 6.45) is -3.86. The molecule has 1 atom stereocenters. The second-order valence-corrected chi connectivity index (χ2v) is 8.72. The number of carbonyl (C=O) groups excluding carboxylic acids is 1. The minimum atomic E-state index is -4.83. The molecule has 0 aliphatic heterocycles. The zero-order chi connectivity index (χ0) is 25.4. The standard InChI is InChI=1S/C23H20ClF5N4O2/c24-18-14(3-2-6-17(18)26)20(22(35)9-7-13(25)8-10-22)32-21(34)15-4-1-5-16(23(27,28)29)19(15)33-30-11-12-31-33/h1-6,11-13,20,35H,7-10H2,(H,32,34)/t13-,20?,22+. The van der Waals surface area contributed by atoms with Crippen molar-refractivity contribution in [1.29, 1.82) is 0 Å². The number of para-hydroxylation sites is 1. The lowest BCUT2D eigenvalue weighted by Crippen LogP contribution is -2.49. The Labute approximate surface area is 201 Å². The van der Waals surface area contributed by atoms with Crippen LogP contribution >= 0.6 is 11.6 Å². The average Bonchev–Trinajstić information content (AvgIpc) is 3.35. The Kier molecular flexibility index (Phi) is 6.83. The highest BCUT2D eigenvalue weighted by Crippen LogP contribution is 2.42. The molecule has 3 aromatic rings. The Morgan fingerprint density at radius 2 is 1.77 bits per heavy atom. The lowest BCUT2D eigenvalue weighted by Gasteiger charge is -2.41. The maximum atomic E-state index is 14.3. The SMILES string of the molecule is O=C(NC(c1cccc(F)c1Cl)[C@]1(O)CC[C@@H](F)CC1)c1cccc(C(F)(F)F)c1-n1nccn1. The van der Waals surface area contributed by atoms with Gasteiger partial charge in [-0.05, 0) is 49.4 Å². The van der Waals surface area contributed by atoms with Gasteiger partial charge in [0.15, 0.2) is 0 Å². The van der Waals surface area contributed by atoms with E-state index in [2.05, 4.69) is 15.5 Å². The highest BCUT2D eigenvalue weighted by Gasteiger charge is 2.44. The fraction of sp³-hybridized carbons (Fsp3) is 0.348. The number of nitrogens with zero attached hydrogens (tertiary/aromatic N) is 3. The van der Waals surface area contributed by atoms with Gasteiger partial charge < -0.3 is 10.4 Å². The predicted octanol–water partition coefficient (Wildman–Crippen LogP) is 5.19. The number of rotatable bonds is 5. The maximum absolute atomic E-state index is 14.3. The molecule has 2 N–H and O–H groups in total. The number of aromatic nitrogens is 3. The highest BCUT2D eigenvalue weighted by atomic mass is 35.5. The Morgan fingerprint density at radius 3 is 2.40 bits per heavy atom. The summed E-state index contributed by atoms with van der Waals surface area (Å²) in [5, 5.41) is 21.0. The summed E-state index contributed by atoms with van der Waals surface area (Å²) in [5.41, 5.74) is -3.91. The summed E-state index contributed by atoms with van der Waals surface area (Å²) in [6.45, 7) is 0. The quantitative estimate of drug-likeness (QED) is 0.459. The fourth-order valence-electron chi connectivity index (χ4n) is 4.33. The van der Waals surface area contributed by atoms with Crippen molar-refractivity contribution in [2.45, 2.75) is 49.7 Å². The van der Waals surface area contributed by atoms with Crippen molar-refractivity contribution in [3.8, 4) is 5.69 Å². The van der Waals surface area contributed by atoms with E-state index >= 15 is 0 Å². The van der Waals surface area contributed by atoms with Gasteiger partial charge in [-0.1, -0.05) is 29.8 Å². The van der Waals surface area contributed by atoms with E-state index in [0.717, 1.165) is 36.7 Å². The summed E-state index contributed by atoms with van der Waals surface area (Å²) in [4.78, 5) is 14.1. The van der Waals surface area contributed by atoms with Crippen molar-refractivity contribution < 1.29 is 31.9 Å². The molecule has 6 nitrogen and oxygen atoms in total. The summed E-state index contributed by atoms with van der Waals surface area (Å²) in [6, 6.07) is 5.45. The van der Waals surface area contributed by atoms with E-state index in [4.69, 9.17) is 11.6 Å². The molecular formula is C23H20ClF5N4O2. The molecule has 1 aliphatic carbocycles. The lowest BCUT2D eigenvalue weighted by atomic mass is 9.76. The number of nitrogens with one attached hydrogen (secondary N) is 1. The number of benzene rings is 2. The minimum Gasteiger partial charge on any atom is -0.387 e. The Morgan fingerprint density at radius 1 is 1.14 bits per heavy atom. The van der Waals surface area contributed by atoms with Crippen LogP contribution in [-0.4, -0.2) is 37.8 Å². The molecule has 4 rings (SSSR count). The van der Waals surface area contributed by atoms with Gasteiger partial charge in [-0.25, -0.2) is 8.78 Å². The fourth-order valence-corrected chi connectivity index (χ4v) is 4.56. The summed E-state index contributed by atoms with van der Waals surface area (Å²) in [7, 11) is 0. The third kappa shape index (κ3) is 5.01. The Hall–Kier alpha value is -3.05. The van der Waals surface area contributed by atoms with Crippen LogP contribution in [0.5, 0.6) is 0 Å². The molecule has 0 saturated heterocycles. The monoisotopic (exact) mass is 514 g/mol. The molecule has 0 spiro atoms. The smallest absolute Gasteiger partial charge is 0.387 e. The van der Waals surface area contributed by atoms with Crippen LogP contribution in [-0.2, 0) is 6.18 Å². The zero-order valence-corrected chi connectivity index (χ0v) is 18.8. The third-order valence-electron chi connectivity index (χ3n) is 6.09. The zero-order valence-electron chi connectivity index (χ0n) is 18.1. The summed E-state index contributed by atoms with van der Waals surface area (Å²) < 4.78 is 69.4. The summed E-state index contributed by atoms with van der Waals surface area (Å²) >= 11 is 6.14. The molecule has 1 heterocycles. The molecule has 0 radical (unpaired) electrons. The van der Waals surface area contributed by atoms with Crippen LogP contribution in [0.25, 0.3) is 5.69 Å². The van der Waals surface area contributed by atoms with E-state index in [0.29, 0.717) is 4.80 Å². The van der Waals surface area contributed by atoms with Gasteiger partial charge >= 0.3 is 6.18 Å². The highest BCUT2D eigenvalue weighted by molar-refractivity contribution is 6.31. The van der Waals surface area contributed by atoms with Gasteiger partial charge in [-0.15, -0.1) is 0 Å². The number of hydrogen-bond donors (Lipinski definition) is 2. The van der Waals surface area contributed by atoms with E-state index in [9.17, 15) is 31.9 Å². The Balaban J connectivity index is 1.80. The van der Waals surface area contributed by atoms with Gasteiger partial charge in [0.25, 0.3) is 5.91 Å². The van der Waals surface area contributed by atoms with Crippen molar-refractivity contribution in [2.75, 3.05) is 0 Å². The van der Waals surface area contributed by atoms with E-state index in [1.807, 2.05) is 0 Å². The molecular weight excluding hydrogens is 495 g/mol. The van der Waals surface area contributed by atoms with Crippen molar-refractivity contribution >= 4 is 17.5 Å². The predicted molar refractivity (Wildman–Crippen MR) is 116 cm³/mol. The molecule has 2 aromatic carbocycles. The molecule has 1 aromatic heterocycles. The summed E-state index contributed by atoms with van der Waals surface area (Å²) in [5.74, 6) is -1.82. The molecule has 12 heteroatoms. The number of halogens is 6. The first kappa shape index (κ1) is 25.1. The number of amides is 1. The molecule has 1 saturated carbocycles. The molecule has 1 amide bonds. The topological polar surface area (TPSA) is 80.0 Å². The second kappa shape index (κ2) is 9.54. The van der Waals surface area contributed by atoms with Crippen LogP contribution in [0, 0.1) is 5.82 Å². The number of aliphatic hydroxyl groups is 1. The van der Waals surface area contributed by atoms with Crippen LogP contribution in [0.1, 0.15) is 53.2 Å². The van der Waals surface area contributed by atoms with Gasteiger partial charge in [0.1, 0.15) is 17.7 Å². The van der Waals surface area contributed by atoms with Gasteiger partial charge in [0.05, 0.1) is 40.2 Å². The van der Waals surface area contributed by atoms with Crippen LogP contribution < -0.4 is 5.32 Å². The third-order valence-corrected chi connectivity index (χ3v) is 6.49. The largest absolute Gasteiger partial charge is 0.418 e. The van der Waals surface area contributed by atoms with Crippen LogP contribution in [0.2, 0.25) is 5.02 Å². The van der Waals surface area contributed by atoms with Crippen LogP contribution in [0.3, 0.4) is 0 Å². The molecule has 1 aliphatic rings. The van der Waals surface area contributed by atoms with Crippen LogP contribution in [0.4, 0.5) is 22.0 Å². The molecule has 0 bridgehead atoms. The first-order chi connectivity index (χ1) is 16.5. The van der Waals surface area contributed by atoms with Gasteiger partial charge in [-0.2, -0.15) is 28.2 Å². The van der Waals surface area contributed by atoms with Crippen molar-refractivity contribution in [1.82, 2.24) is 20.3 Å². The number of hydrogen-bond acceptors (Lipinski definition) is 4. The van der Waals surface area contributed by atoms with E-state index in [1.165, 1.54) is 12.1 Å². The average molecular weight is 515 g/mol. The molecule has 1 fully saturated rings. The van der Waals surface area contributed by atoms with Crippen molar-refractivity contribution in [3.05, 3.63) is 76.3 Å². The van der Waals surface area contributed by atoms with E-state index in [1.54, 1.807) is 0 Å². The van der Waals surface area contributed by atoms with Gasteiger partial charge in [0, 0.05) is 0 Å². The molecule has 35 heavy (non-hydrogen) atoms. The maximum Gasteiger partial charge on any atom is 0.418 e. The second-order valence-electron chi connectivity index (χ2n) is 8.35. The molecule has 1 unspecified atom stereocenters. The lowest BCUT2D eigenvalue weighted by molar-refractivity contribution is -0.137. The normalized spacial score (nSPS) is 21.5. The van der Waals surface area contributed by atoms with Crippen molar-refractivity contribution in [2.24, 2.45) is 0 Å². The Bertz CT molecular complexity index is 1210. The van der Waals surface area contributed by atoms with Gasteiger partial charge in [0.2, 0.25) is 0 Å². The van der Waals surface area contributed by atoms with Gasteiger partial charge in [-0.3, -0.25) is 4.79 Å². The first-order valence-electron chi connectivity index (χ1n) is 10.7. The number of carbonyl (C=O) groups is 1. The number of alkyl halides is 4. The first-order valence-corrected chi connectivity index (χ1v) is 11.1. The van der Waals surface area contributed by atoms with E-state index in [-0.39, 0.29) is 36.3 Å². The van der Waals surface area contributed by atoms with E-state index < -0.39 is 52.5 Å². The minimum absolute atomic E-state index is 0.0121. The van der Waals surface area contributed by atoms with Crippen molar-refractivity contribution in [3.63, 3.8) is 0 Å². The molecule has 186 valence electrons.